The van der Waals surface area contributed by atoms with Crippen LogP contribution in [0, 0.1) is 0 Å². The molecular weight excluding hydrogens is 376 g/mol. The zero-order valence-electron chi connectivity index (χ0n) is 18.0. The van der Waals surface area contributed by atoms with Crippen LogP contribution in [0.5, 0.6) is 0 Å². The number of hydrogen-bond acceptors (Lipinski definition) is 5. The molecule has 2 N–H and O–H groups in total. The van der Waals surface area contributed by atoms with Crippen molar-refractivity contribution in [2.24, 2.45) is 0 Å². The fourth-order valence-electron chi connectivity index (χ4n) is 4.37. The molecular formula is C24H30N4O2. The molecule has 0 spiro atoms. The number of para-hydroxylation sites is 1. The van der Waals surface area contributed by atoms with Crippen LogP contribution in [0.15, 0.2) is 48.5 Å². The van der Waals surface area contributed by atoms with Crippen molar-refractivity contribution in [3.8, 4) is 5.69 Å². The van der Waals surface area contributed by atoms with Crippen LogP contribution in [-0.4, -0.2) is 55.3 Å². The van der Waals surface area contributed by atoms with Gasteiger partial charge in [-0.1, -0.05) is 18.2 Å². The maximum atomic E-state index is 12.6. The summed E-state index contributed by atoms with van der Waals surface area (Å²) in [5.74, 6) is -0.334. The quantitative estimate of drug-likeness (QED) is 0.514. The summed E-state index contributed by atoms with van der Waals surface area (Å²) in [5.41, 5.74) is 10.6. The summed E-state index contributed by atoms with van der Waals surface area (Å²) in [5, 5.41) is 0.992. The summed E-state index contributed by atoms with van der Waals surface area (Å²) in [6.07, 6.45) is 2.26. The number of fused-ring (bicyclic) bond motifs is 1. The minimum atomic E-state index is -0.334. The molecule has 0 bridgehead atoms. The lowest BCUT2D eigenvalue weighted by Crippen LogP contribution is -2.42. The Labute approximate surface area is 177 Å². The first kappa shape index (κ1) is 20.3. The molecule has 1 aromatic heterocycles. The van der Waals surface area contributed by atoms with Gasteiger partial charge in [-0.05, 0) is 70.2 Å². The largest absolute Gasteiger partial charge is 0.461 e. The number of ether oxygens (including phenoxy) is 1. The minimum Gasteiger partial charge on any atom is -0.461 e. The monoisotopic (exact) mass is 406 g/mol. The second-order valence-corrected chi connectivity index (χ2v) is 8.03. The predicted molar refractivity (Wildman–Crippen MR) is 123 cm³/mol. The highest BCUT2D eigenvalue weighted by Gasteiger charge is 2.23. The van der Waals surface area contributed by atoms with E-state index in [4.69, 9.17) is 10.5 Å². The molecule has 6 heteroatoms. The van der Waals surface area contributed by atoms with E-state index in [0.717, 1.165) is 48.2 Å². The minimum absolute atomic E-state index is 0.334. The van der Waals surface area contributed by atoms with Crippen LogP contribution in [0.2, 0.25) is 0 Å². The van der Waals surface area contributed by atoms with Gasteiger partial charge in [0.05, 0.1) is 23.5 Å². The fraction of sp³-hybridized carbons (Fsp3) is 0.375. The number of likely N-dealkylation sites (tertiary alicyclic amines) is 1. The standard InChI is InChI=1S/C24H30N4O2/c1-4-30-24(29)23-15-17-7-5-6-8-21(17)28(23)19-9-10-22(20(25)16-19)27(3)18-11-13-26(2)14-12-18/h5-10,15-16,18H,4,11-14,25H2,1-3H3. The third-order valence-corrected chi connectivity index (χ3v) is 6.08. The summed E-state index contributed by atoms with van der Waals surface area (Å²) in [6.45, 7) is 4.36. The molecule has 0 aliphatic carbocycles. The van der Waals surface area contributed by atoms with Crippen LogP contribution in [0.1, 0.15) is 30.3 Å². The topological polar surface area (TPSA) is 63.7 Å². The first-order chi connectivity index (χ1) is 14.5. The highest BCUT2D eigenvalue weighted by molar-refractivity contribution is 5.97. The van der Waals surface area contributed by atoms with Gasteiger partial charge < -0.3 is 24.8 Å². The Bertz CT molecular complexity index is 1050. The van der Waals surface area contributed by atoms with Crippen LogP contribution in [0.4, 0.5) is 11.4 Å². The van der Waals surface area contributed by atoms with Gasteiger partial charge in [0.1, 0.15) is 5.69 Å². The van der Waals surface area contributed by atoms with E-state index in [0.29, 0.717) is 24.0 Å². The first-order valence-corrected chi connectivity index (χ1v) is 10.6. The summed E-state index contributed by atoms with van der Waals surface area (Å²) in [4.78, 5) is 17.3. The van der Waals surface area contributed by atoms with Crippen molar-refractivity contribution in [1.29, 1.82) is 0 Å². The van der Waals surface area contributed by atoms with Gasteiger partial charge in [0, 0.05) is 24.2 Å². The highest BCUT2D eigenvalue weighted by atomic mass is 16.5. The average Bonchev–Trinajstić information content (AvgIpc) is 3.14. The number of aromatic nitrogens is 1. The van der Waals surface area contributed by atoms with Crippen molar-refractivity contribution in [3.63, 3.8) is 0 Å². The maximum Gasteiger partial charge on any atom is 0.355 e. The number of nitrogens with two attached hydrogens (primary N) is 1. The van der Waals surface area contributed by atoms with Crippen molar-refractivity contribution < 1.29 is 9.53 Å². The third-order valence-electron chi connectivity index (χ3n) is 6.08. The number of carbonyl (C=O) groups is 1. The second kappa shape index (κ2) is 8.40. The Morgan fingerprint density at radius 1 is 1.17 bits per heavy atom. The zero-order chi connectivity index (χ0) is 21.3. The number of piperidine rings is 1. The summed E-state index contributed by atoms with van der Waals surface area (Å²) < 4.78 is 7.23. The lowest BCUT2D eigenvalue weighted by molar-refractivity contribution is 0.0517. The maximum absolute atomic E-state index is 12.6. The second-order valence-electron chi connectivity index (χ2n) is 8.03. The van der Waals surface area contributed by atoms with Crippen molar-refractivity contribution in [1.82, 2.24) is 9.47 Å². The Morgan fingerprint density at radius 3 is 2.60 bits per heavy atom. The van der Waals surface area contributed by atoms with Crippen LogP contribution in [-0.2, 0) is 4.74 Å². The number of nitrogens with zero attached hydrogens (tertiary/aromatic N) is 3. The summed E-state index contributed by atoms with van der Waals surface area (Å²) in [7, 11) is 4.29. The van der Waals surface area contributed by atoms with E-state index in [-0.39, 0.29) is 5.97 Å². The zero-order valence-corrected chi connectivity index (χ0v) is 18.0. The van der Waals surface area contributed by atoms with E-state index in [1.165, 1.54) is 0 Å². The molecule has 0 radical (unpaired) electrons. The molecule has 158 valence electrons. The van der Waals surface area contributed by atoms with E-state index >= 15 is 0 Å². The molecule has 3 aromatic rings. The van der Waals surface area contributed by atoms with Gasteiger partial charge in [0.15, 0.2) is 0 Å². The first-order valence-electron chi connectivity index (χ1n) is 10.6. The van der Waals surface area contributed by atoms with E-state index in [1.807, 2.05) is 54.0 Å². The average molecular weight is 407 g/mol. The third kappa shape index (κ3) is 3.75. The number of nitrogen functional groups attached to an aromatic ring is 1. The molecule has 1 fully saturated rings. The number of carbonyl (C=O) groups excluding carboxylic acids is 1. The SMILES string of the molecule is CCOC(=O)c1cc2ccccc2n1-c1ccc(N(C)C2CCN(C)CC2)c(N)c1. The van der Waals surface area contributed by atoms with Crippen molar-refractivity contribution in [2.45, 2.75) is 25.8 Å². The number of hydrogen-bond donors (Lipinski definition) is 1. The van der Waals surface area contributed by atoms with Crippen LogP contribution in [0.3, 0.4) is 0 Å². The van der Waals surface area contributed by atoms with Crippen LogP contribution < -0.4 is 10.6 Å². The van der Waals surface area contributed by atoms with E-state index < -0.39 is 0 Å². The Kier molecular flexibility index (Phi) is 5.68. The number of esters is 1. The van der Waals surface area contributed by atoms with E-state index in [9.17, 15) is 4.79 Å². The molecule has 0 amide bonds. The Hall–Kier alpha value is -2.99. The lowest BCUT2D eigenvalue weighted by Gasteiger charge is -2.37. The lowest BCUT2D eigenvalue weighted by atomic mass is 10.0. The van der Waals surface area contributed by atoms with Crippen molar-refractivity contribution >= 4 is 28.2 Å². The molecule has 6 nitrogen and oxygen atoms in total. The van der Waals surface area contributed by atoms with Gasteiger partial charge >= 0.3 is 5.97 Å². The Morgan fingerprint density at radius 2 is 1.90 bits per heavy atom. The van der Waals surface area contributed by atoms with Gasteiger partial charge in [-0.3, -0.25) is 0 Å². The molecule has 1 saturated heterocycles. The molecule has 1 aliphatic rings. The normalized spacial score (nSPS) is 15.4. The van der Waals surface area contributed by atoms with Crippen LogP contribution >= 0.6 is 0 Å². The predicted octanol–water partition coefficient (Wildman–Crippen LogP) is 3.92. The molecule has 0 unspecified atom stereocenters. The van der Waals surface area contributed by atoms with Crippen molar-refractivity contribution in [2.75, 3.05) is 44.4 Å². The fourth-order valence-corrected chi connectivity index (χ4v) is 4.37. The van der Waals surface area contributed by atoms with E-state index in [2.05, 4.69) is 30.0 Å². The number of anilines is 2. The molecule has 4 rings (SSSR count). The Balaban J connectivity index is 1.72. The molecule has 0 saturated carbocycles. The van der Waals surface area contributed by atoms with E-state index in [1.54, 1.807) is 0 Å². The molecule has 30 heavy (non-hydrogen) atoms. The number of benzene rings is 2. The van der Waals surface area contributed by atoms with Crippen molar-refractivity contribution in [3.05, 3.63) is 54.2 Å². The summed E-state index contributed by atoms with van der Waals surface area (Å²) in [6, 6.07) is 16.4. The highest BCUT2D eigenvalue weighted by Crippen LogP contribution is 2.32. The number of rotatable bonds is 5. The molecule has 0 atom stereocenters. The molecule has 2 aromatic carbocycles. The summed E-state index contributed by atoms with van der Waals surface area (Å²) >= 11 is 0. The van der Waals surface area contributed by atoms with Gasteiger partial charge in [-0.15, -0.1) is 0 Å². The molecule has 2 heterocycles. The van der Waals surface area contributed by atoms with Crippen LogP contribution in [0.25, 0.3) is 16.6 Å². The van der Waals surface area contributed by atoms with Gasteiger partial charge in [0.2, 0.25) is 0 Å². The van der Waals surface area contributed by atoms with Gasteiger partial charge in [0.25, 0.3) is 0 Å². The van der Waals surface area contributed by atoms with Gasteiger partial charge in [-0.25, -0.2) is 4.79 Å². The van der Waals surface area contributed by atoms with Gasteiger partial charge in [-0.2, -0.15) is 0 Å². The smallest absolute Gasteiger partial charge is 0.355 e. The molecule has 1 aliphatic heterocycles.